The van der Waals surface area contributed by atoms with Gasteiger partial charge in [-0.2, -0.15) is 0 Å². The molecule has 32 heavy (non-hydrogen) atoms. The standard InChI is InChI=1S/C24H19NO6S/c26-22(25-19(24(28)29)11-15-5-2-1-3-6-15)14-30-16-8-9-18-20(12-16)31-21(23(18)27)13-17-7-4-10-32-17/h1-10,12-13,19H,11,14H2,(H,25,26)(H,28,29)/t19-/m1/s1. The third-order valence-corrected chi connectivity index (χ3v) is 5.56. The summed E-state index contributed by atoms with van der Waals surface area (Å²) in [5.74, 6) is -1.01. The quantitative estimate of drug-likeness (QED) is 0.510. The van der Waals surface area contributed by atoms with E-state index in [9.17, 15) is 19.5 Å². The number of rotatable bonds is 8. The van der Waals surface area contributed by atoms with E-state index < -0.39 is 17.9 Å². The predicted molar refractivity (Wildman–Crippen MR) is 119 cm³/mol. The summed E-state index contributed by atoms with van der Waals surface area (Å²) in [6, 6.07) is 16.4. The number of hydrogen-bond acceptors (Lipinski definition) is 6. The van der Waals surface area contributed by atoms with Crippen LogP contribution in [0.15, 0.2) is 71.8 Å². The molecule has 2 aromatic carbocycles. The molecular formula is C24H19NO6S. The van der Waals surface area contributed by atoms with Crippen molar-refractivity contribution in [3.63, 3.8) is 0 Å². The Kier molecular flexibility index (Phi) is 6.32. The van der Waals surface area contributed by atoms with Crippen LogP contribution in [-0.2, 0) is 16.0 Å². The summed E-state index contributed by atoms with van der Waals surface area (Å²) in [6.07, 6.45) is 1.84. The molecular weight excluding hydrogens is 430 g/mol. The minimum atomic E-state index is -1.13. The Morgan fingerprint density at radius 1 is 1.12 bits per heavy atom. The van der Waals surface area contributed by atoms with Crippen LogP contribution in [0.25, 0.3) is 6.08 Å². The summed E-state index contributed by atoms with van der Waals surface area (Å²) < 4.78 is 11.1. The van der Waals surface area contributed by atoms with Gasteiger partial charge in [0, 0.05) is 23.4 Å². The second-order valence-electron chi connectivity index (χ2n) is 7.05. The van der Waals surface area contributed by atoms with Crippen molar-refractivity contribution in [3.05, 3.63) is 87.8 Å². The fourth-order valence-electron chi connectivity index (χ4n) is 3.19. The van der Waals surface area contributed by atoms with E-state index in [2.05, 4.69) is 5.32 Å². The highest BCUT2D eigenvalue weighted by molar-refractivity contribution is 7.10. The van der Waals surface area contributed by atoms with Crippen molar-refractivity contribution in [3.8, 4) is 11.5 Å². The highest BCUT2D eigenvalue weighted by Crippen LogP contribution is 2.35. The molecule has 0 radical (unpaired) electrons. The van der Waals surface area contributed by atoms with E-state index >= 15 is 0 Å². The van der Waals surface area contributed by atoms with E-state index in [-0.39, 0.29) is 24.6 Å². The number of fused-ring (bicyclic) bond motifs is 1. The number of carbonyl (C=O) groups is 3. The Bertz CT molecular complexity index is 1170. The van der Waals surface area contributed by atoms with Crippen LogP contribution < -0.4 is 14.8 Å². The Morgan fingerprint density at radius 3 is 2.66 bits per heavy atom. The maximum atomic E-state index is 12.5. The molecule has 4 rings (SSSR count). The first-order valence-electron chi connectivity index (χ1n) is 9.80. The lowest BCUT2D eigenvalue weighted by molar-refractivity contribution is -0.142. The summed E-state index contributed by atoms with van der Waals surface area (Å²) >= 11 is 1.49. The molecule has 162 valence electrons. The van der Waals surface area contributed by atoms with Crippen molar-refractivity contribution < 1.29 is 29.0 Å². The van der Waals surface area contributed by atoms with Crippen LogP contribution in [0.2, 0.25) is 0 Å². The van der Waals surface area contributed by atoms with Gasteiger partial charge in [0.2, 0.25) is 5.78 Å². The van der Waals surface area contributed by atoms with Gasteiger partial charge in [0.25, 0.3) is 5.91 Å². The molecule has 7 nitrogen and oxygen atoms in total. The van der Waals surface area contributed by atoms with Crippen LogP contribution in [0.4, 0.5) is 0 Å². The third-order valence-electron chi connectivity index (χ3n) is 4.74. The predicted octanol–water partition coefficient (Wildman–Crippen LogP) is 3.56. The van der Waals surface area contributed by atoms with Crippen LogP contribution >= 0.6 is 11.3 Å². The molecule has 0 bridgehead atoms. The van der Waals surface area contributed by atoms with Gasteiger partial charge in [0.15, 0.2) is 12.4 Å². The molecule has 0 unspecified atom stereocenters. The fraction of sp³-hybridized carbons (Fsp3) is 0.125. The highest BCUT2D eigenvalue weighted by Gasteiger charge is 2.28. The maximum absolute atomic E-state index is 12.5. The number of hydrogen-bond donors (Lipinski definition) is 2. The Labute approximate surface area is 187 Å². The van der Waals surface area contributed by atoms with Gasteiger partial charge < -0.3 is 19.9 Å². The first kappa shape index (κ1) is 21.3. The van der Waals surface area contributed by atoms with Crippen molar-refractivity contribution in [1.29, 1.82) is 0 Å². The number of thiophene rings is 1. The van der Waals surface area contributed by atoms with E-state index in [1.165, 1.54) is 17.4 Å². The van der Waals surface area contributed by atoms with E-state index in [0.29, 0.717) is 17.1 Å². The third kappa shape index (κ3) is 5.04. The second kappa shape index (κ2) is 9.49. The number of carboxylic acids is 1. The molecule has 1 atom stereocenters. The van der Waals surface area contributed by atoms with Crippen LogP contribution in [0.1, 0.15) is 20.8 Å². The molecule has 1 aromatic heterocycles. The molecule has 0 fully saturated rings. The van der Waals surface area contributed by atoms with Crippen molar-refractivity contribution in [1.82, 2.24) is 5.32 Å². The number of aliphatic carboxylic acids is 1. The maximum Gasteiger partial charge on any atom is 0.326 e. The van der Waals surface area contributed by atoms with Crippen LogP contribution in [-0.4, -0.2) is 35.4 Å². The first-order valence-corrected chi connectivity index (χ1v) is 10.7. The summed E-state index contributed by atoms with van der Waals surface area (Å²) in [4.78, 5) is 37.1. The number of benzene rings is 2. The van der Waals surface area contributed by atoms with Gasteiger partial charge in [-0.1, -0.05) is 36.4 Å². The van der Waals surface area contributed by atoms with Crippen LogP contribution in [0, 0.1) is 0 Å². The van der Waals surface area contributed by atoms with Gasteiger partial charge in [-0.3, -0.25) is 9.59 Å². The molecule has 8 heteroatoms. The molecule has 2 heterocycles. The summed E-state index contributed by atoms with van der Waals surface area (Å²) in [7, 11) is 0. The van der Waals surface area contributed by atoms with Gasteiger partial charge in [0.1, 0.15) is 17.5 Å². The van der Waals surface area contributed by atoms with E-state index in [1.807, 2.05) is 23.6 Å². The number of ether oxygens (including phenoxy) is 2. The van der Waals surface area contributed by atoms with Gasteiger partial charge in [-0.25, -0.2) is 4.79 Å². The fourth-order valence-corrected chi connectivity index (χ4v) is 3.84. The molecule has 1 aliphatic heterocycles. The lowest BCUT2D eigenvalue weighted by Gasteiger charge is -2.15. The van der Waals surface area contributed by atoms with E-state index in [4.69, 9.17) is 9.47 Å². The lowest BCUT2D eigenvalue weighted by atomic mass is 10.1. The zero-order valence-corrected chi connectivity index (χ0v) is 17.6. The lowest BCUT2D eigenvalue weighted by Crippen LogP contribution is -2.44. The summed E-state index contributed by atoms with van der Waals surface area (Å²) in [5, 5.41) is 13.8. The second-order valence-corrected chi connectivity index (χ2v) is 8.03. The zero-order chi connectivity index (χ0) is 22.5. The summed E-state index contributed by atoms with van der Waals surface area (Å²) in [6.45, 7) is -0.372. The van der Waals surface area contributed by atoms with E-state index in [0.717, 1.165) is 10.4 Å². The van der Waals surface area contributed by atoms with Crippen LogP contribution in [0.3, 0.4) is 0 Å². The van der Waals surface area contributed by atoms with Gasteiger partial charge in [-0.15, -0.1) is 11.3 Å². The summed E-state index contributed by atoms with van der Waals surface area (Å²) in [5.41, 5.74) is 1.21. The van der Waals surface area contributed by atoms with Gasteiger partial charge >= 0.3 is 5.97 Å². The molecule has 0 aliphatic carbocycles. The number of carbonyl (C=O) groups excluding carboxylic acids is 2. The average Bonchev–Trinajstić information content (AvgIpc) is 3.40. The highest BCUT2D eigenvalue weighted by atomic mass is 32.1. The van der Waals surface area contributed by atoms with Gasteiger partial charge in [0.05, 0.1) is 5.56 Å². The number of ketones is 1. The molecule has 2 N–H and O–H groups in total. The van der Waals surface area contributed by atoms with Crippen molar-refractivity contribution >= 4 is 35.1 Å². The van der Waals surface area contributed by atoms with E-state index in [1.54, 1.807) is 42.5 Å². The van der Waals surface area contributed by atoms with Crippen molar-refractivity contribution in [2.45, 2.75) is 12.5 Å². The molecule has 1 aliphatic rings. The largest absolute Gasteiger partial charge is 0.484 e. The Morgan fingerprint density at radius 2 is 1.94 bits per heavy atom. The monoisotopic (exact) mass is 449 g/mol. The average molecular weight is 449 g/mol. The molecule has 3 aromatic rings. The first-order chi connectivity index (χ1) is 15.5. The number of allylic oxidation sites excluding steroid dienone is 1. The molecule has 0 saturated carbocycles. The smallest absolute Gasteiger partial charge is 0.326 e. The Hall–Kier alpha value is -3.91. The number of amides is 1. The zero-order valence-electron chi connectivity index (χ0n) is 16.8. The molecule has 0 saturated heterocycles. The van der Waals surface area contributed by atoms with Crippen molar-refractivity contribution in [2.75, 3.05) is 6.61 Å². The van der Waals surface area contributed by atoms with Crippen molar-refractivity contribution in [2.24, 2.45) is 0 Å². The topological polar surface area (TPSA) is 102 Å². The number of Topliss-reactive ketones (excluding diaryl/α,β-unsaturated/α-hetero) is 1. The van der Waals surface area contributed by atoms with Gasteiger partial charge in [-0.05, 0) is 29.1 Å². The normalized spacial score (nSPS) is 14.5. The molecule has 1 amide bonds. The van der Waals surface area contributed by atoms with Crippen LogP contribution in [0.5, 0.6) is 11.5 Å². The number of carboxylic acid groups (broad SMARTS) is 1. The number of nitrogens with one attached hydrogen (secondary N) is 1. The molecule has 0 spiro atoms. The SMILES string of the molecule is O=C(COc1ccc2c(c1)OC(=Cc1cccs1)C2=O)N[C@H](Cc1ccccc1)C(=O)O. The Balaban J connectivity index is 1.36. The minimum absolute atomic E-state index is 0.163. The minimum Gasteiger partial charge on any atom is -0.484 e.